The Morgan fingerprint density at radius 3 is 2.27 bits per heavy atom. The van der Waals surface area contributed by atoms with Gasteiger partial charge in [-0.1, -0.05) is 23.7 Å². The predicted octanol–water partition coefficient (Wildman–Crippen LogP) is 4.54. The van der Waals surface area contributed by atoms with Crippen LogP contribution in [-0.2, 0) is 0 Å². The maximum absolute atomic E-state index is 13.6. The summed E-state index contributed by atoms with van der Waals surface area (Å²) in [5.41, 5.74) is -0.0342. The van der Waals surface area contributed by atoms with Gasteiger partial charge in [-0.3, -0.25) is 4.79 Å². The fraction of sp³-hybridized carbons (Fsp3) is 0. The van der Waals surface area contributed by atoms with Gasteiger partial charge in [-0.25, -0.2) is 13.2 Å². The second kappa shape index (κ2) is 7.40. The molecule has 0 spiro atoms. The van der Waals surface area contributed by atoms with E-state index in [1.54, 1.807) is 24.3 Å². The first-order valence-electron chi connectivity index (χ1n) is 7.26. The zero-order valence-corrected chi connectivity index (χ0v) is 13.7. The Morgan fingerprint density at radius 2 is 1.58 bits per heavy atom. The van der Waals surface area contributed by atoms with E-state index in [1.165, 1.54) is 12.1 Å². The molecule has 9 heteroatoms. The largest absolute Gasteiger partial charge is 0.336 e. The summed E-state index contributed by atoms with van der Waals surface area (Å²) >= 11 is 5.94. The van der Waals surface area contributed by atoms with Crippen molar-refractivity contribution >= 4 is 34.8 Å². The van der Waals surface area contributed by atoms with E-state index in [4.69, 9.17) is 11.6 Å². The standard InChI is InChI=1S/C17H10ClF3N4O/c18-10-4-2-1-3-9(10)17(26)23-14-8-7-13(24-25-14)22-12-6-5-11(19)15(20)16(12)21/h1-8H,(H,22,24)(H,23,25,26). The molecule has 1 heterocycles. The van der Waals surface area contributed by atoms with Gasteiger partial charge in [0.2, 0.25) is 0 Å². The van der Waals surface area contributed by atoms with Crippen molar-refractivity contribution < 1.29 is 18.0 Å². The highest BCUT2D eigenvalue weighted by atomic mass is 35.5. The molecule has 2 aromatic carbocycles. The maximum Gasteiger partial charge on any atom is 0.258 e. The number of amides is 1. The number of hydrogen-bond acceptors (Lipinski definition) is 4. The number of aromatic nitrogens is 2. The van der Waals surface area contributed by atoms with Crippen molar-refractivity contribution in [3.05, 3.63) is 76.6 Å². The van der Waals surface area contributed by atoms with E-state index in [-0.39, 0.29) is 27.9 Å². The fourth-order valence-electron chi connectivity index (χ4n) is 2.06. The molecule has 1 aromatic heterocycles. The summed E-state index contributed by atoms with van der Waals surface area (Å²) in [7, 11) is 0. The topological polar surface area (TPSA) is 66.9 Å². The van der Waals surface area contributed by atoms with Crippen LogP contribution in [0.2, 0.25) is 5.02 Å². The van der Waals surface area contributed by atoms with Crippen LogP contribution in [-0.4, -0.2) is 16.1 Å². The lowest BCUT2D eigenvalue weighted by atomic mass is 10.2. The summed E-state index contributed by atoms with van der Waals surface area (Å²) in [6.07, 6.45) is 0. The number of halogens is 4. The average molecular weight is 379 g/mol. The molecule has 0 aliphatic rings. The highest BCUT2D eigenvalue weighted by Crippen LogP contribution is 2.23. The third kappa shape index (κ3) is 3.75. The number of carbonyl (C=O) groups is 1. The van der Waals surface area contributed by atoms with E-state index in [0.29, 0.717) is 0 Å². The first-order chi connectivity index (χ1) is 12.5. The smallest absolute Gasteiger partial charge is 0.258 e. The molecule has 0 aliphatic carbocycles. The number of benzene rings is 2. The lowest BCUT2D eigenvalue weighted by Crippen LogP contribution is -2.14. The summed E-state index contributed by atoms with van der Waals surface area (Å²) in [5, 5.41) is 12.8. The Kier molecular flexibility index (Phi) is 5.04. The summed E-state index contributed by atoms with van der Waals surface area (Å²) < 4.78 is 39.8. The Morgan fingerprint density at radius 1 is 0.885 bits per heavy atom. The van der Waals surface area contributed by atoms with Gasteiger partial charge in [-0.2, -0.15) is 0 Å². The number of nitrogens with one attached hydrogen (secondary N) is 2. The summed E-state index contributed by atoms with van der Waals surface area (Å²) in [6.45, 7) is 0. The number of rotatable bonds is 4. The monoisotopic (exact) mass is 378 g/mol. The molecule has 0 aliphatic heterocycles. The molecule has 0 bridgehead atoms. The molecule has 1 amide bonds. The Balaban J connectivity index is 1.72. The van der Waals surface area contributed by atoms with Gasteiger partial charge in [-0.15, -0.1) is 10.2 Å². The maximum atomic E-state index is 13.6. The van der Waals surface area contributed by atoms with Crippen LogP contribution in [0.4, 0.5) is 30.5 Å². The van der Waals surface area contributed by atoms with E-state index in [1.807, 2.05) is 0 Å². The number of carbonyl (C=O) groups excluding carboxylic acids is 1. The van der Waals surface area contributed by atoms with Crippen molar-refractivity contribution in [3.63, 3.8) is 0 Å². The molecule has 2 N–H and O–H groups in total. The van der Waals surface area contributed by atoms with Crippen LogP contribution in [0.5, 0.6) is 0 Å². The zero-order valence-electron chi connectivity index (χ0n) is 12.9. The van der Waals surface area contributed by atoms with Crippen molar-refractivity contribution in [3.8, 4) is 0 Å². The lowest BCUT2D eigenvalue weighted by molar-refractivity contribution is 0.102. The van der Waals surface area contributed by atoms with Gasteiger partial charge in [-0.05, 0) is 36.4 Å². The van der Waals surface area contributed by atoms with Gasteiger partial charge in [0.15, 0.2) is 29.1 Å². The Labute approximate surface area is 150 Å². The van der Waals surface area contributed by atoms with Gasteiger partial charge in [0.1, 0.15) is 0 Å². The van der Waals surface area contributed by atoms with Gasteiger partial charge in [0.05, 0.1) is 16.3 Å². The van der Waals surface area contributed by atoms with Crippen LogP contribution < -0.4 is 10.6 Å². The molecule has 5 nitrogen and oxygen atoms in total. The van der Waals surface area contributed by atoms with Crippen molar-refractivity contribution in [2.45, 2.75) is 0 Å². The van der Waals surface area contributed by atoms with E-state index < -0.39 is 23.4 Å². The molecule has 3 aromatic rings. The van der Waals surface area contributed by atoms with Crippen molar-refractivity contribution in [2.75, 3.05) is 10.6 Å². The minimum absolute atomic E-state index is 0.0747. The van der Waals surface area contributed by atoms with Crippen molar-refractivity contribution in [1.29, 1.82) is 0 Å². The Hall–Kier alpha value is -3.13. The van der Waals surface area contributed by atoms with Crippen molar-refractivity contribution in [2.24, 2.45) is 0 Å². The summed E-state index contributed by atoms with van der Waals surface area (Å²) in [5.74, 6) is -4.53. The van der Waals surface area contributed by atoms with Crippen LogP contribution in [0.3, 0.4) is 0 Å². The molecule has 0 fully saturated rings. The average Bonchev–Trinajstić information content (AvgIpc) is 2.64. The lowest BCUT2D eigenvalue weighted by Gasteiger charge is -2.08. The third-order valence-electron chi connectivity index (χ3n) is 3.32. The molecule has 132 valence electrons. The van der Waals surface area contributed by atoms with Gasteiger partial charge in [0.25, 0.3) is 5.91 Å². The molecule has 0 atom stereocenters. The number of nitrogens with zero attached hydrogens (tertiary/aromatic N) is 2. The second-order valence-corrected chi connectivity index (χ2v) is 5.49. The van der Waals surface area contributed by atoms with E-state index in [9.17, 15) is 18.0 Å². The quantitative estimate of drug-likeness (QED) is 0.654. The predicted molar refractivity (Wildman–Crippen MR) is 91.0 cm³/mol. The van der Waals surface area contributed by atoms with Crippen LogP contribution >= 0.6 is 11.6 Å². The van der Waals surface area contributed by atoms with Gasteiger partial charge < -0.3 is 10.6 Å². The SMILES string of the molecule is O=C(Nc1ccc(Nc2ccc(F)c(F)c2F)nn1)c1ccccc1Cl. The molecule has 3 rings (SSSR count). The number of anilines is 3. The molecular weight excluding hydrogens is 369 g/mol. The summed E-state index contributed by atoms with van der Waals surface area (Å²) in [4.78, 5) is 12.1. The van der Waals surface area contributed by atoms with E-state index >= 15 is 0 Å². The third-order valence-corrected chi connectivity index (χ3v) is 3.65. The first kappa shape index (κ1) is 17.7. The normalized spacial score (nSPS) is 10.5. The van der Waals surface area contributed by atoms with E-state index in [0.717, 1.165) is 12.1 Å². The molecule has 0 unspecified atom stereocenters. The van der Waals surface area contributed by atoms with Crippen LogP contribution in [0, 0.1) is 17.5 Å². The van der Waals surface area contributed by atoms with Crippen molar-refractivity contribution in [1.82, 2.24) is 10.2 Å². The van der Waals surface area contributed by atoms with Gasteiger partial charge in [0, 0.05) is 0 Å². The highest BCUT2D eigenvalue weighted by Gasteiger charge is 2.14. The second-order valence-electron chi connectivity index (χ2n) is 5.09. The fourth-order valence-corrected chi connectivity index (χ4v) is 2.28. The van der Waals surface area contributed by atoms with E-state index in [2.05, 4.69) is 20.8 Å². The zero-order chi connectivity index (χ0) is 18.7. The first-order valence-corrected chi connectivity index (χ1v) is 7.63. The van der Waals surface area contributed by atoms with Gasteiger partial charge >= 0.3 is 0 Å². The Bertz CT molecular complexity index is 967. The molecule has 0 saturated carbocycles. The van der Waals surface area contributed by atoms with Crippen LogP contribution in [0.1, 0.15) is 10.4 Å². The molecule has 0 radical (unpaired) electrons. The minimum atomic E-state index is -1.59. The molecule has 0 saturated heterocycles. The van der Waals surface area contributed by atoms with Crippen LogP contribution in [0.15, 0.2) is 48.5 Å². The molecular formula is C17H10ClF3N4O. The minimum Gasteiger partial charge on any atom is -0.336 e. The van der Waals surface area contributed by atoms with Crippen LogP contribution in [0.25, 0.3) is 0 Å². The highest BCUT2D eigenvalue weighted by molar-refractivity contribution is 6.34. The summed E-state index contributed by atoms with van der Waals surface area (Å²) in [6, 6.07) is 11.1. The molecule has 26 heavy (non-hydrogen) atoms. The number of hydrogen-bond donors (Lipinski definition) is 2.